The van der Waals surface area contributed by atoms with E-state index in [4.69, 9.17) is 14.6 Å². The molecule has 1 aliphatic carbocycles. The molecule has 12 heteroatoms. The number of phenolic OH excluding ortho intramolecular Hbond substituents is 1. The Labute approximate surface area is 282 Å². The van der Waals surface area contributed by atoms with Crippen LogP contribution < -0.4 is 4.74 Å². The number of likely N-dealkylation sites (tertiary alicyclic amines) is 1. The maximum atomic E-state index is 13.6. The van der Waals surface area contributed by atoms with Gasteiger partial charge in [0.05, 0.1) is 47.5 Å². The third kappa shape index (κ3) is 8.14. The van der Waals surface area contributed by atoms with Gasteiger partial charge >= 0.3 is 5.97 Å². The van der Waals surface area contributed by atoms with Crippen molar-refractivity contribution in [2.75, 3.05) is 34.0 Å². The lowest BCUT2D eigenvalue weighted by Gasteiger charge is -2.36. The molecule has 4 rings (SSSR count). The first kappa shape index (κ1) is 35.5. The highest BCUT2D eigenvalue weighted by atomic mass is 127. The molecule has 4 N–H and O–H groups in total. The van der Waals surface area contributed by atoms with Gasteiger partial charge in [0.1, 0.15) is 0 Å². The van der Waals surface area contributed by atoms with Crippen molar-refractivity contribution >= 4 is 52.0 Å². The molecule has 1 aliphatic heterocycles. The van der Waals surface area contributed by atoms with Crippen LogP contribution in [-0.4, -0.2) is 88.2 Å². The van der Waals surface area contributed by atoms with Crippen molar-refractivity contribution in [1.82, 2.24) is 9.88 Å². The fraction of sp³-hybridized carbons (Fsp3) is 0.471. The Bertz CT molecular complexity index is 1480. The van der Waals surface area contributed by atoms with Crippen molar-refractivity contribution < 1.29 is 44.3 Å². The van der Waals surface area contributed by atoms with Crippen LogP contribution >= 0.6 is 22.6 Å². The molecule has 0 bridgehead atoms. The average molecular weight is 749 g/mol. The number of carbonyl (C=O) groups excluding carboxylic acids is 2. The third-order valence-electron chi connectivity index (χ3n) is 8.71. The molecule has 2 amide bonds. The van der Waals surface area contributed by atoms with Crippen LogP contribution in [-0.2, 0) is 19.1 Å². The first-order chi connectivity index (χ1) is 22.1. The number of halogens is 1. The molecule has 2 aromatic rings. The number of nitrogens with zero attached hydrogens (tertiary/aromatic N) is 2. The van der Waals surface area contributed by atoms with Crippen LogP contribution in [0.4, 0.5) is 0 Å². The van der Waals surface area contributed by atoms with Crippen LogP contribution in [0, 0.1) is 21.3 Å². The van der Waals surface area contributed by atoms with Crippen LogP contribution in [0.2, 0.25) is 0 Å². The van der Waals surface area contributed by atoms with E-state index in [9.17, 15) is 29.7 Å². The van der Waals surface area contributed by atoms with Crippen LogP contribution in [0.5, 0.6) is 11.5 Å². The number of aliphatic carboxylic acids is 1. The Morgan fingerprint density at radius 2 is 1.93 bits per heavy atom. The highest BCUT2D eigenvalue weighted by Gasteiger charge is 2.54. The number of hydrogen-bond donors (Lipinski definition) is 4. The molecular weight excluding hydrogens is 707 g/mol. The Hall–Kier alpha value is -3.33. The second-order valence-electron chi connectivity index (χ2n) is 11.6. The number of carboxylic acid groups (broad SMARTS) is 1. The van der Waals surface area contributed by atoms with Crippen molar-refractivity contribution in [1.29, 1.82) is 0 Å². The Morgan fingerprint density at radius 1 is 1.15 bits per heavy atom. The Kier molecular flexibility index (Phi) is 12.7. The standard InChI is InChI=1S/C34H41IN2O9/c1-45-19-22-17-23-31(34(44)37(33(23)43)13-7-3-4-9-29(40)41)24(18-38)30(22)27(39)11-10-21(26-8-5-6-12-36-26)14-20-15-25(35)32(42)28(16-20)46-2/h5-6,8,12,14-16,23-24,27,31,38-39,42H,3-4,7,9-11,13,17-19H2,1-2H3,(H,40,41)/b21-14-/t23-,24+,27-,31-/m1/s1. The minimum Gasteiger partial charge on any atom is -0.504 e. The molecule has 0 radical (unpaired) electrons. The summed E-state index contributed by atoms with van der Waals surface area (Å²) in [4.78, 5) is 43.6. The number of benzene rings is 1. The number of amides is 2. The summed E-state index contributed by atoms with van der Waals surface area (Å²) in [5.74, 6) is -3.36. The topological polar surface area (TPSA) is 167 Å². The number of imide groups is 1. The van der Waals surface area contributed by atoms with Gasteiger partial charge in [-0.2, -0.15) is 0 Å². The van der Waals surface area contributed by atoms with Gasteiger partial charge in [-0.3, -0.25) is 24.3 Å². The number of unbranched alkanes of at least 4 members (excludes halogenated alkanes) is 2. The van der Waals surface area contributed by atoms with Crippen molar-refractivity contribution in [2.24, 2.45) is 17.8 Å². The van der Waals surface area contributed by atoms with Gasteiger partial charge in [-0.25, -0.2) is 0 Å². The highest BCUT2D eigenvalue weighted by Crippen LogP contribution is 2.46. The normalized spacial score (nSPS) is 20.7. The summed E-state index contributed by atoms with van der Waals surface area (Å²) in [7, 11) is 3.01. The summed E-state index contributed by atoms with van der Waals surface area (Å²) in [5, 5.41) is 41.5. The SMILES string of the molecule is COCC1=C([C@H](O)CC/C(=C/c2cc(I)c(O)c(OC)c2)c2ccccn2)[C@H](CO)[C@@H]2C(=O)N(CCCCCC(=O)O)C(=O)[C@@H]2C1. The van der Waals surface area contributed by atoms with Gasteiger partial charge in [-0.1, -0.05) is 12.5 Å². The summed E-state index contributed by atoms with van der Waals surface area (Å²) in [6, 6.07) is 9.10. The minimum atomic E-state index is -1.03. The fourth-order valence-electron chi connectivity index (χ4n) is 6.58. The molecule has 0 saturated carbocycles. The number of pyridine rings is 1. The minimum absolute atomic E-state index is 0.0327. The van der Waals surface area contributed by atoms with Crippen molar-refractivity contribution in [3.8, 4) is 11.5 Å². The van der Waals surface area contributed by atoms with Crippen LogP contribution in [0.15, 0.2) is 47.7 Å². The molecule has 1 saturated heterocycles. The lowest BCUT2D eigenvalue weighted by atomic mass is 9.68. The van der Waals surface area contributed by atoms with Gasteiger partial charge in [0.2, 0.25) is 11.8 Å². The summed E-state index contributed by atoms with van der Waals surface area (Å²) in [6.45, 7) is -0.0719. The van der Waals surface area contributed by atoms with E-state index in [1.165, 1.54) is 19.1 Å². The number of fused-ring (bicyclic) bond motifs is 1. The largest absolute Gasteiger partial charge is 0.504 e. The van der Waals surface area contributed by atoms with Gasteiger partial charge < -0.3 is 29.9 Å². The molecule has 2 heterocycles. The maximum absolute atomic E-state index is 13.6. The number of carbonyl (C=O) groups is 3. The molecule has 4 atom stereocenters. The first-order valence-corrected chi connectivity index (χ1v) is 16.4. The van der Waals surface area contributed by atoms with Gasteiger partial charge in [0.15, 0.2) is 11.5 Å². The van der Waals surface area contributed by atoms with Gasteiger partial charge in [-0.15, -0.1) is 0 Å². The monoisotopic (exact) mass is 748 g/mol. The number of rotatable bonds is 16. The number of aromatic hydroxyl groups is 1. The second-order valence-corrected chi connectivity index (χ2v) is 12.8. The highest BCUT2D eigenvalue weighted by molar-refractivity contribution is 14.1. The van der Waals surface area contributed by atoms with Crippen LogP contribution in [0.3, 0.4) is 0 Å². The van der Waals surface area contributed by atoms with E-state index in [-0.39, 0.29) is 50.0 Å². The number of methoxy groups -OCH3 is 2. The van der Waals surface area contributed by atoms with E-state index in [1.807, 2.05) is 52.9 Å². The molecule has 11 nitrogen and oxygen atoms in total. The number of phenols is 1. The molecule has 1 fully saturated rings. The smallest absolute Gasteiger partial charge is 0.303 e. The van der Waals surface area contributed by atoms with Gasteiger partial charge in [-0.05, 0) is 107 Å². The summed E-state index contributed by atoms with van der Waals surface area (Å²) in [5.41, 5.74) is 3.56. The van der Waals surface area contributed by atoms with Gasteiger partial charge in [0.25, 0.3) is 0 Å². The maximum Gasteiger partial charge on any atom is 0.303 e. The zero-order chi connectivity index (χ0) is 33.4. The molecule has 2 aliphatic rings. The van der Waals surface area contributed by atoms with Gasteiger partial charge in [0, 0.05) is 32.2 Å². The molecular formula is C34H41IN2O9. The number of aliphatic hydroxyl groups excluding tert-OH is 2. The molecule has 1 aromatic carbocycles. The fourth-order valence-corrected chi connectivity index (χ4v) is 7.21. The number of allylic oxidation sites excluding steroid dienone is 1. The van der Waals surface area contributed by atoms with E-state index in [0.29, 0.717) is 51.8 Å². The Balaban J connectivity index is 1.58. The second kappa shape index (κ2) is 16.5. The summed E-state index contributed by atoms with van der Waals surface area (Å²) in [6.07, 6.45) is 5.03. The predicted octanol–water partition coefficient (Wildman–Crippen LogP) is 4.28. The van der Waals surface area contributed by atoms with Crippen molar-refractivity contribution in [2.45, 2.75) is 51.0 Å². The quantitative estimate of drug-likeness (QED) is 0.0843. The third-order valence-corrected chi connectivity index (χ3v) is 9.54. The van der Waals surface area contributed by atoms with E-state index >= 15 is 0 Å². The predicted molar refractivity (Wildman–Crippen MR) is 179 cm³/mol. The summed E-state index contributed by atoms with van der Waals surface area (Å²) < 4.78 is 11.4. The van der Waals surface area contributed by atoms with E-state index in [0.717, 1.165) is 11.1 Å². The molecule has 46 heavy (non-hydrogen) atoms. The Morgan fingerprint density at radius 3 is 2.59 bits per heavy atom. The molecule has 0 unspecified atom stereocenters. The molecule has 248 valence electrons. The van der Waals surface area contributed by atoms with E-state index in [2.05, 4.69) is 4.98 Å². The lowest BCUT2D eigenvalue weighted by Crippen LogP contribution is -2.39. The first-order valence-electron chi connectivity index (χ1n) is 15.4. The summed E-state index contributed by atoms with van der Waals surface area (Å²) >= 11 is 2.03. The van der Waals surface area contributed by atoms with Crippen molar-refractivity contribution in [3.63, 3.8) is 0 Å². The number of ether oxygens (including phenoxy) is 2. The number of hydrogen-bond acceptors (Lipinski definition) is 9. The van der Waals surface area contributed by atoms with Crippen LogP contribution in [0.25, 0.3) is 11.6 Å². The molecule has 1 aromatic heterocycles. The van der Waals surface area contributed by atoms with Crippen molar-refractivity contribution in [3.05, 3.63) is 62.5 Å². The number of aromatic nitrogens is 1. The van der Waals surface area contributed by atoms with E-state index < -0.39 is 36.4 Å². The molecule has 0 spiro atoms. The number of aliphatic hydroxyl groups is 2. The average Bonchev–Trinajstić information content (AvgIpc) is 3.28. The zero-order valence-electron chi connectivity index (χ0n) is 26.0. The number of carboxylic acids is 1. The zero-order valence-corrected chi connectivity index (χ0v) is 28.2. The lowest BCUT2D eigenvalue weighted by molar-refractivity contribution is -0.141. The van der Waals surface area contributed by atoms with E-state index in [1.54, 1.807) is 12.3 Å². The van der Waals surface area contributed by atoms with Crippen LogP contribution in [0.1, 0.15) is 56.2 Å².